The fourth-order valence-electron chi connectivity index (χ4n) is 3.87. The SMILES string of the molecule is CNC(=O)[C@@H](C)N(Cc1ccc(Cl)c(Cl)c1)C(=O)CN(c1ccc(F)cc1)S(=O)(=O)c1ccc(OC)c(OC)c1. The van der Waals surface area contributed by atoms with E-state index in [-0.39, 0.29) is 27.9 Å². The van der Waals surface area contributed by atoms with Crippen molar-refractivity contribution in [2.24, 2.45) is 0 Å². The van der Waals surface area contributed by atoms with E-state index >= 15 is 0 Å². The number of rotatable bonds is 11. The highest BCUT2D eigenvalue weighted by Gasteiger charge is 2.33. The van der Waals surface area contributed by atoms with Crippen LogP contribution < -0.4 is 19.1 Å². The van der Waals surface area contributed by atoms with Gasteiger partial charge in [0.15, 0.2) is 11.5 Å². The monoisotopic (exact) mass is 611 g/mol. The molecule has 3 rings (SSSR count). The molecule has 2 amide bonds. The Hall–Kier alpha value is -3.54. The van der Waals surface area contributed by atoms with Crippen molar-refractivity contribution in [2.75, 3.05) is 32.1 Å². The van der Waals surface area contributed by atoms with Crippen LogP contribution in [-0.4, -0.2) is 59.0 Å². The molecule has 3 aromatic rings. The lowest BCUT2D eigenvalue weighted by Gasteiger charge is -2.32. The molecule has 0 spiro atoms. The van der Waals surface area contributed by atoms with Crippen LogP contribution in [0.5, 0.6) is 11.5 Å². The molecule has 0 aromatic heterocycles. The van der Waals surface area contributed by atoms with Crippen molar-refractivity contribution in [2.45, 2.75) is 24.4 Å². The predicted octanol–water partition coefficient (Wildman–Crippen LogP) is 4.51. The fourth-order valence-corrected chi connectivity index (χ4v) is 5.62. The first-order valence-corrected chi connectivity index (χ1v) is 14.1. The molecule has 0 fully saturated rings. The van der Waals surface area contributed by atoms with Gasteiger partial charge in [-0.25, -0.2) is 12.8 Å². The summed E-state index contributed by atoms with van der Waals surface area (Å²) >= 11 is 12.2. The van der Waals surface area contributed by atoms with Gasteiger partial charge in [-0.1, -0.05) is 29.3 Å². The van der Waals surface area contributed by atoms with Crippen LogP contribution >= 0.6 is 23.2 Å². The number of carbonyl (C=O) groups excluding carboxylic acids is 2. The number of carbonyl (C=O) groups is 2. The van der Waals surface area contributed by atoms with Crippen molar-refractivity contribution in [3.05, 3.63) is 82.1 Å². The van der Waals surface area contributed by atoms with Crippen LogP contribution in [0.1, 0.15) is 12.5 Å². The molecule has 9 nitrogen and oxygen atoms in total. The molecule has 40 heavy (non-hydrogen) atoms. The van der Waals surface area contributed by atoms with Crippen LogP contribution in [-0.2, 0) is 26.2 Å². The number of benzene rings is 3. The quantitative estimate of drug-likeness (QED) is 0.342. The van der Waals surface area contributed by atoms with Crippen molar-refractivity contribution in [1.82, 2.24) is 10.2 Å². The molecule has 0 saturated heterocycles. The summed E-state index contributed by atoms with van der Waals surface area (Å²) in [6.07, 6.45) is 0. The molecule has 3 aromatic carbocycles. The first-order chi connectivity index (χ1) is 18.9. The Morgan fingerprint density at radius 1 is 0.950 bits per heavy atom. The van der Waals surface area contributed by atoms with E-state index in [2.05, 4.69) is 5.32 Å². The summed E-state index contributed by atoms with van der Waals surface area (Å²) in [5, 5.41) is 3.06. The number of amides is 2. The number of hydrogen-bond donors (Lipinski definition) is 1. The topological polar surface area (TPSA) is 105 Å². The third kappa shape index (κ3) is 6.96. The zero-order valence-corrected chi connectivity index (χ0v) is 24.5. The molecule has 0 unspecified atom stereocenters. The Morgan fingerprint density at radius 3 is 2.17 bits per heavy atom. The third-order valence-electron chi connectivity index (χ3n) is 6.09. The van der Waals surface area contributed by atoms with Gasteiger partial charge in [0.2, 0.25) is 11.8 Å². The zero-order chi connectivity index (χ0) is 29.6. The van der Waals surface area contributed by atoms with Crippen molar-refractivity contribution in [3.8, 4) is 11.5 Å². The molecule has 0 aliphatic heterocycles. The standard InChI is InChI=1S/C27H28Cl2FN3O6S/c1-17(27(35)31-2)32(15-18-5-11-22(28)23(29)13-18)26(34)16-33(20-8-6-19(30)7-9-20)40(36,37)21-10-12-24(38-3)25(14-21)39-4/h5-14,17H,15-16H2,1-4H3,(H,31,35)/t17-/m1/s1. The lowest BCUT2D eigenvalue weighted by molar-refractivity contribution is -0.139. The van der Waals surface area contributed by atoms with Crippen LogP contribution in [0.2, 0.25) is 10.0 Å². The van der Waals surface area contributed by atoms with Crippen LogP contribution in [0.25, 0.3) is 0 Å². The van der Waals surface area contributed by atoms with Crippen molar-refractivity contribution >= 4 is 50.7 Å². The lowest BCUT2D eigenvalue weighted by Crippen LogP contribution is -2.50. The molecule has 0 aliphatic carbocycles. The number of anilines is 1. The molecule has 0 aliphatic rings. The Bertz CT molecular complexity index is 1490. The van der Waals surface area contributed by atoms with Crippen molar-refractivity contribution < 1.29 is 31.9 Å². The van der Waals surface area contributed by atoms with Crippen molar-refractivity contribution in [1.29, 1.82) is 0 Å². The maximum Gasteiger partial charge on any atom is 0.264 e. The van der Waals surface area contributed by atoms with E-state index in [4.69, 9.17) is 32.7 Å². The van der Waals surface area contributed by atoms with Gasteiger partial charge in [-0.05, 0) is 61.0 Å². The van der Waals surface area contributed by atoms with Crippen LogP contribution in [0.3, 0.4) is 0 Å². The van der Waals surface area contributed by atoms with E-state index in [1.807, 2.05) is 0 Å². The van der Waals surface area contributed by atoms with Crippen molar-refractivity contribution in [3.63, 3.8) is 0 Å². The van der Waals surface area contributed by atoms with E-state index in [0.29, 0.717) is 16.3 Å². The number of ether oxygens (including phenoxy) is 2. The average molecular weight is 613 g/mol. The van der Waals surface area contributed by atoms with Crippen LogP contribution in [0.4, 0.5) is 10.1 Å². The Balaban J connectivity index is 2.07. The minimum atomic E-state index is -4.40. The van der Waals surface area contributed by atoms with E-state index < -0.39 is 40.2 Å². The number of methoxy groups -OCH3 is 2. The highest BCUT2D eigenvalue weighted by molar-refractivity contribution is 7.92. The Labute approximate surface area is 242 Å². The van der Waals surface area contributed by atoms with Gasteiger partial charge in [0, 0.05) is 19.7 Å². The summed E-state index contributed by atoms with van der Waals surface area (Å²) in [5.41, 5.74) is 0.598. The molecule has 0 bridgehead atoms. The van der Waals surface area contributed by atoms with Gasteiger partial charge < -0.3 is 19.7 Å². The van der Waals surface area contributed by atoms with Gasteiger partial charge in [0.25, 0.3) is 10.0 Å². The summed E-state index contributed by atoms with van der Waals surface area (Å²) in [4.78, 5) is 27.4. The van der Waals surface area contributed by atoms with Gasteiger partial charge in [0.1, 0.15) is 18.4 Å². The number of hydrogen-bond acceptors (Lipinski definition) is 6. The lowest BCUT2D eigenvalue weighted by atomic mass is 10.1. The van der Waals surface area contributed by atoms with Gasteiger partial charge in [-0.2, -0.15) is 0 Å². The summed E-state index contributed by atoms with van der Waals surface area (Å²) in [6, 6.07) is 12.4. The number of halogens is 3. The molecule has 1 atom stereocenters. The van der Waals surface area contributed by atoms with E-state index in [1.165, 1.54) is 63.4 Å². The molecule has 214 valence electrons. The molecule has 1 N–H and O–H groups in total. The second-order valence-corrected chi connectivity index (χ2v) is 11.2. The molecule has 0 heterocycles. The van der Waals surface area contributed by atoms with Crippen LogP contribution in [0.15, 0.2) is 65.6 Å². The smallest absolute Gasteiger partial charge is 0.264 e. The Morgan fingerprint density at radius 2 is 1.60 bits per heavy atom. The minimum Gasteiger partial charge on any atom is -0.493 e. The summed E-state index contributed by atoms with van der Waals surface area (Å²) in [5.74, 6) is -1.30. The van der Waals surface area contributed by atoms with Gasteiger partial charge in [-0.15, -0.1) is 0 Å². The number of nitrogens with zero attached hydrogens (tertiary/aromatic N) is 2. The summed E-state index contributed by atoms with van der Waals surface area (Å²) < 4.78 is 52.8. The number of likely N-dealkylation sites (N-methyl/N-ethyl adjacent to an activating group) is 1. The molecular weight excluding hydrogens is 584 g/mol. The third-order valence-corrected chi connectivity index (χ3v) is 8.60. The predicted molar refractivity (Wildman–Crippen MR) is 151 cm³/mol. The first kappa shape index (κ1) is 31.0. The molecule has 0 radical (unpaired) electrons. The second kappa shape index (κ2) is 13.2. The molecular formula is C27H28Cl2FN3O6S. The average Bonchev–Trinajstić information content (AvgIpc) is 2.95. The van der Waals surface area contributed by atoms with E-state index in [9.17, 15) is 22.4 Å². The molecule has 0 saturated carbocycles. The zero-order valence-electron chi connectivity index (χ0n) is 22.2. The van der Waals surface area contributed by atoms with Gasteiger partial charge in [0.05, 0.1) is 34.8 Å². The molecule has 13 heteroatoms. The highest BCUT2D eigenvalue weighted by Crippen LogP contribution is 2.32. The largest absolute Gasteiger partial charge is 0.493 e. The Kier molecular flexibility index (Phi) is 10.2. The first-order valence-electron chi connectivity index (χ1n) is 11.9. The van der Waals surface area contributed by atoms with E-state index in [1.54, 1.807) is 18.2 Å². The summed E-state index contributed by atoms with van der Waals surface area (Å²) in [7, 11) is -0.211. The maximum absolute atomic E-state index is 13.9. The normalized spacial score (nSPS) is 11.9. The fraction of sp³-hybridized carbons (Fsp3) is 0.259. The second-order valence-electron chi connectivity index (χ2n) is 8.57. The van der Waals surface area contributed by atoms with E-state index in [0.717, 1.165) is 16.4 Å². The maximum atomic E-state index is 13.9. The highest BCUT2D eigenvalue weighted by atomic mass is 35.5. The van der Waals surface area contributed by atoms with Crippen LogP contribution in [0, 0.1) is 5.82 Å². The summed E-state index contributed by atoms with van der Waals surface area (Å²) in [6.45, 7) is 0.738. The minimum absolute atomic E-state index is 0.0339. The van der Waals surface area contributed by atoms with Gasteiger partial charge in [-0.3, -0.25) is 13.9 Å². The number of sulfonamides is 1. The number of nitrogens with one attached hydrogen (secondary N) is 1. The van der Waals surface area contributed by atoms with Gasteiger partial charge >= 0.3 is 0 Å².